The predicted octanol–water partition coefficient (Wildman–Crippen LogP) is 7.77. The van der Waals surface area contributed by atoms with Crippen LogP contribution in [0, 0.1) is 6.92 Å². The van der Waals surface area contributed by atoms with Crippen molar-refractivity contribution in [3.8, 4) is 16.4 Å². The summed E-state index contributed by atoms with van der Waals surface area (Å²) in [6, 6.07) is 32.5. The number of aromatic nitrogens is 4. The Balaban J connectivity index is 1.18. The zero-order chi connectivity index (χ0) is 28.0. The van der Waals surface area contributed by atoms with Gasteiger partial charge in [-0.25, -0.2) is 4.98 Å². The highest BCUT2D eigenvalue weighted by atomic mass is 32.2. The number of carbonyl (C=O) groups excluding carboxylic acids is 1. The minimum atomic E-state index is -0.176. The zero-order valence-corrected chi connectivity index (χ0v) is 24.8. The highest BCUT2D eigenvalue weighted by Gasteiger charge is 2.20. The molecule has 0 aliphatic carbocycles. The third kappa shape index (κ3) is 6.48. The van der Waals surface area contributed by atoms with E-state index in [0.717, 1.165) is 37.7 Å². The van der Waals surface area contributed by atoms with Gasteiger partial charge in [-0.3, -0.25) is 9.36 Å². The van der Waals surface area contributed by atoms with E-state index >= 15 is 0 Å². The molecule has 0 aliphatic rings. The van der Waals surface area contributed by atoms with Gasteiger partial charge in [0.2, 0.25) is 0 Å². The fourth-order valence-electron chi connectivity index (χ4n) is 4.56. The summed E-state index contributed by atoms with van der Waals surface area (Å²) < 4.78 is 2.10. The summed E-state index contributed by atoms with van der Waals surface area (Å²) in [6.07, 6.45) is 0.699. The van der Waals surface area contributed by atoms with E-state index in [0.29, 0.717) is 17.9 Å². The van der Waals surface area contributed by atoms with Crippen LogP contribution in [0.25, 0.3) is 16.4 Å². The van der Waals surface area contributed by atoms with Crippen molar-refractivity contribution in [3.63, 3.8) is 0 Å². The van der Waals surface area contributed by atoms with Gasteiger partial charge in [0.05, 0.1) is 22.4 Å². The van der Waals surface area contributed by atoms with E-state index in [2.05, 4.69) is 68.4 Å². The van der Waals surface area contributed by atoms with E-state index in [1.807, 2.05) is 71.4 Å². The molecule has 0 fully saturated rings. The van der Waals surface area contributed by atoms with Crippen molar-refractivity contribution in [2.75, 3.05) is 0 Å². The van der Waals surface area contributed by atoms with E-state index in [1.165, 1.54) is 16.9 Å². The molecule has 0 saturated heterocycles. The molecule has 0 radical (unpaired) electrons. The average molecular weight is 594 g/mol. The molecule has 6 aromatic rings. The molecule has 1 unspecified atom stereocenters. The largest absolute Gasteiger partial charge is 0.344 e. The van der Waals surface area contributed by atoms with Gasteiger partial charge in [0.25, 0.3) is 5.91 Å². The van der Waals surface area contributed by atoms with Gasteiger partial charge in [0.15, 0.2) is 11.0 Å². The Morgan fingerprint density at radius 3 is 2.49 bits per heavy atom. The van der Waals surface area contributed by atoms with Gasteiger partial charge < -0.3 is 5.32 Å². The smallest absolute Gasteiger partial charge is 0.271 e. The minimum absolute atomic E-state index is 0.158. The average Bonchev–Trinajstić information content (AvgIpc) is 3.78. The van der Waals surface area contributed by atoms with Crippen LogP contribution in [-0.2, 0) is 12.2 Å². The molecule has 204 valence electrons. The van der Waals surface area contributed by atoms with E-state index in [-0.39, 0.29) is 11.9 Å². The van der Waals surface area contributed by atoms with Gasteiger partial charge >= 0.3 is 0 Å². The van der Waals surface area contributed by atoms with Crippen molar-refractivity contribution < 1.29 is 4.79 Å². The number of aryl methyl sites for hydroxylation is 1. The maximum absolute atomic E-state index is 13.3. The Labute approximate surface area is 251 Å². The molecule has 3 heterocycles. The van der Waals surface area contributed by atoms with Crippen molar-refractivity contribution in [1.29, 1.82) is 0 Å². The second-order valence-electron chi connectivity index (χ2n) is 9.50. The Kier molecular flexibility index (Phi) is 8.36. The first kappa shape index (κ1) is 27.1. The molecule has 0 spiro atoms. The van der Waals surface area contributed by atoms with Crippen LogP contribution in [0.1, 0.15) is 38.2 Å². The normalized spacial score (nSPS) is 11.8. The van der Waals surface area contributed by atoms with E-state index in [4.69, 9.17) is 0 Å². The lowest BCUT2D eigenvalue weighted by molar-refractivity contribution is 0.0932. The molecule has 3 aromatic carbocycles. The Hall–Kier alpha value is -4.05. The Morgan fingerprint density at radius 2 is 1.73 bits per heavy atom. The highest BCUT2D eigenvalue weighted by Crippen LogP contribution is 2.32. The molecule has 0 saturated carbocycles. The molecular formula is C32H27N5OS3. The Morgan fingerprint density at radius 1 is 0.927 bits per heavy atom. The molecule has 0 aliphatic heterocycles. The fourth-order valence-corrected chi connectivity index (χ4v) is 7.00. The van der Waals surface area contributed by atoms with Crippen LogP contribution in [0.15, 0.2) is 113 Å². The minimum Gasteiger partial charge on any atom is -0.344 e. The number of thiazole rings is 1. The summed E-state index contributed by atoms with van der Waals surface area (Å²) >= 11 is 4.69. The van der Waals surface area contributed by atoms with Crippen molar-refractivity contribution >= 4 is 40.3 Å². The SMILES string of the molecule is Cc1cccc(-n2c(SCc3nc(C(=O)NC(Cc4ccccc4)c4ccccc4)cs3)nnc2-c2cccs2)c1. The van der Waals surface area contributed by atoms with E-state index < -0.39 is 0 Å². The molecule has 0 bridgehead atoms. The topological polar surface area (TPSA) is 72.7 Å². The molecule has 1 atom stereocenters. The van der Waals surface area contributed by atoms with Crippen LogP contribution in [0.5, 0.6) is 0 Å². The number of hydrogen-bond acceptors (Lipinski definition) is 7. The van der Waals surface area contributed by atoms with Crippen molar-refractivity contribution in [1.82, 2.24) is 25.1 Å². The molecule has 9 heteroatoms. The second kappa shape index (κ2) is 12.6. The molecule has 3 aromatic heterocycles. The predicted molar refractivity (Wildman–Crippen MR) is 168 cm³/mol. The lowest BCUT2D eigenvalue weighted by atomic mass is 9.99. The number of carbonyl (C=O) groups is 1. The number of rotatable bonds is 10. The van der Waals surface area contributed by atoms with Gasteiger partial charge in [-0.2, -0.15) is 0 Å². The first-order valence-corrected chi connectivity index (χ1v) is 15.9. The van der Waals surface area contributed by atoms with Crippen LogP contribution in [-0.4, -0.2) is 25.7 Å². The van der Waals surface area contributed by atoms with E-state index in [9.17, 15) is 4.79 Å². The third-order valence-electron chi connectivity index (χ3n) is 6.53. The standard InChI is InChI=1S/C32H27N5OS3/c1-22-10-8-15-25(18-22)37-30(28-16-9-17-39-28)35-36-32(37)41-21-29-33-27(20-40-29)31(38)34-26(24-13-6-3-7-14-24)19-23-11-4-2-5-12-23/h2-18,20,26H,19,21H2,1H3,(H,34,38). The monoisotopic (exact) mass is 593 g/mol. The summed E-state index contributed by atoms with van der Waals surface area (Å²) in [7, 11) is 0. The Bertz CT molecular complexity index is 1730. The van der Waals surface area contributed by atoms with Crippen LogP contribution >= 0.6 is 34.4 Å². The van der Waals surface area contributed by atoms with Crippen LogP contribution < -0.4 is 5.32 Å². The van der Waals surface area contributed by atoms with E-state index in [1.54, 1.807) is 23.1 Å². The number of thioether (sulfide) groups is 1. The number of hydrogen-bond donors (Lipinski definition) is 1. The van der Waals surface area contributed by atoms with Crippen LogP contribution in [0.4, 0.5) is 0 Å². The number of benzene rings is 3. The quantitative estimate of drug-likeness (QED) is 0.164. The number of nitrogens with one attached hydrogen (secondary N) is 1. The lowest BCUT2D eigenvalue weighted by Gasteiger charge is -2.19. The molecule has 1 N–H and O–H groups in total. The lowest BCUT2D eigenvalue weighted by Crippen LogP contribution is -2.30. The third-order valence-corrected chi connectivity index (χ3v) is 9.37. The first-order chi connectivity index (χ1) is 20.1. The number of thiophene rings is 1. The molecule has 1 amide bonds. The summed E-state index contributed by atoms with van der Waals surface area (Å²) in [4.78, 5) is 19.1. The summed E-state index contributed by atoms with van der Waals surface area (Å²) in [6.45, 7) is 2.08. The van der Waals surface area contributed by atoms with Crippen molar-refractivity contribution in [3.05, 3.63) is 135 Å². The van der Waals surface area contributed by atoms with Gasteiger partial charge in [0.1, 0.15) is 10.7 Å². The maximum Gasteiger partial charge on any atom is 0.271 e. The molecule has 41 heavy (non-hydrogen) atoms. The van der Waals surface area contributed by atoms with Gasteiger partial charge in [-0.05, 0) is 53.6 Å². The van der Waals surface area contributed by atoms with Crippen molar-refractivity contribution in [2.24, 2.45) is 0 Å². The number of nitrogens with zero attached hydrogens (tertiary/aromatic N) is 4. The molecular weight excluding hydrogens is 567 g/mol. The van der Waals surface area contributed by atoms with Crippen LogP contribution in [0.2, 0.25) is 0 Å². The summed E-state index contributed by atoms with van der Waals surface area (Å²) in [5.74, 6) is 1.22. The van der Waals surface area contributed by atoms with Gasteiger partial charge in [-0.1, -0.05) is 90.6 Å². The van der Waals surface area contributed by atoms with Gasteiger partial charge in [0, 0.05) is 5.38 Å². The highest BCUT2D eigenvalue weighted by molar-refractivity contribution is 7.98. The summed E-state index contributed by atoms with van der Waals surface area (Å²) in [5, 5.41) is 17.8. The second-order valence-corrected chi connectivity index (χ2v) is 12.3. The summed E-state index contributed by atoms with van der Waals surface area (Å²) in [5.41, 5.74) is 4.84. The number of amides is 1. The first-order valence-electron chi connectivity index (χ1n) is 13.2. The molecule has 6 nitrogen and oxygen atoms in total. The van der Waals surface area contributed by atoms with Gasteiger partial charge in [-0.15, -0.1) is 32.9 Å². The zero-order valence-electron chi connectivity index (χ0n) is 22.3. The van der Waals surface area contributed by atoms with Crippen molar-refractivity contribution in [2.45, 2.75) is 30.3 Å². The molecule has 6 rings (SSSR count). The maximum atomic E-state index is 13.3. The fraction of sp³-hybridized carbons (Fsp3) is 0.125. The van der Waals surface area contributed by atoms with Crippen LogP contribution in [0.3, 0.4) is 0 Å².